The number of fused-ring (bicyclic) bond motifs is 2. The second-order valence-electron chi connectivity index (χ2n) is 4.19. The molecule has 19 heavy (non-hydrogen) atoms. The fourth-order valence-corrected chi connectivity index (χ4v) is 2.51. The van der Waals surface area contributed by atoms with Gasteiger partial charge in [0.15, 0.2) is 11.6 Å². The molecule has 2 aromatic carbocycles. The van der Waals surface area contributed by atoms with Gasteiger partial charge in [0.05, 0.1) is 16.1 Å². The van der Waals surface area contributed by atoms with Gasteiger partial charge in [0, 0.05) is 16.7 Å². The number of carbonyl (C=O) groups excluding carboxylic acids is 2. The summed E-state index contributed by atoms with van der Waals surface area (Å²) in [6.45, 7) is 0. The lowest BCUT2D eigenvalue weighted by Crippen LogP contribution is -2.22. The zero-order chi connectivity index (χ0) is 13.6. The Bertz CT molecular complexity index is 782. The Hall–Kier alpha value is -2.37. The van der Waals surface area contributed by atoms with Gasteiger partial charge < -0.3 is 0 Å². The number of hydrogen-bond donors (Lipinski definition) is 0. The molecule has 0 atom stereocenters. The van der Waals surface area contributed by atoms with Crippen molar-refractivity contribution in [1.29, 1.82) is 0 Å². The lowest BCUT2D eigenvalue weighted by atomic mass is 9.82. The minimum absolute atomic E-state index is 0.196. The number of carbonyl (C=O) groups is 2. The normalized spacial score (nSPS) is 12.6. The van der Waals surface area contributed by atoms with Crippen LogP contribution in [-0.2, 0) is 0 Å². The van der Waals surface area contributed by atoms with Crippen molar-refractivity contribution < 1.29 is 9.59 Å². The monoisotopic (exact) mass is 266 g/mol. The van der Waals surface area contributed by atoms with Crippen molar-refractivity contribution in [3.05, 3.63) is 69.2 Å². The van der Waals surface area contributed by atoms with Gasteiger partial charge in [-0.2, -0.15) is 0 Å². The van der Waals surface area contributed by atoms with E-state index in [0.29, 0.717) is 21.7 Å². The molecular weight excluding hydrogens is 260 g/mol. The lowest BCUT2D eigenvalue weighted by molar-refractivity contribution is 0.0979. The molecule has 0 heterocycles. The van der Waals surface area contributed by atoms with E-state index in [4.69, 9.17) is 18.0 Å². The Kier molecular flexibility index (Phi) is 2.51. The molecule has 0 saturated carbocycles. The quantitative estimate of drug-likeness (QED) is 0.586. The van der Waals surface area contributed by atoms with E-state index >= 15 is 0 Å². The molecule has 3 rings (SSSR count). The third kappa shape index (κ3) is 1.53. The first-order valence-electron chi connectivity index (χ1n) is 5.62. The molecule has 0 spiro atoms. The minimum Gasteiger partial charge on any atom is -0.289 e. The van der Waals surface area contributed by atoms with Crippen LogP contribution in [0.1, 0.15) is 37.4 Å². The number of halogens is 1. The second-order valence-corrected chi connectivity index (χ2v) is 4.60. The van der Waals surface area contributed by atoms with E-state index in [9.17, 15) is 9.59 Å². The predicted octanol–water partition coefficient (Wildman–Crippen LogP) is 3.10. The van der Waals surface area contributed by atoms with E-state index in [2.05, 4.69) is 5.92 Å². The molecule has 1 aliphatic rings. The van der Waals surface area contributed by atoms with Gasteiger partial charge in [0.2, 0.25) is 0 Å². The summed E-state index contributed by atoms with van der Waals surface area (Å²) in [5, 5.41) is 0.307. The average Bonchev–Trinajstić information content (AvgIpc) is 2.44. The first-order chi connectivity index (χ1) is 9.15. The number of hydrogen-bond acceptors (Lipinski definition) is 2. The zero-order valence-corrected chi connectivity index (χ0v) is 10.5. The SMILES string of the molecule is C#Cc1c(Cl)ccc2c1C(=O)c1ccccc1C2=O. The van der Waals surface area contributed by atoms with Crippen LogP contribution < -0.4 is 0 Å². The highest BCUT2D eigenvalue weighted by atomic mass is 35.5. The number of benzene rings is 2. The van der Waals surface area contributed by atoms with E-state index in [1.54, 1.807) is 36.4 Å². The summed E-state index contributed by atoms with van der Waals surface area (Å²) in [5.74, 6) is 1.95. The molecule has 0 unspecified atom stereocenters. The van der Waals surface area contributed by atoms with Crippen LogP contribution in [0.3, 0.4) is 0 Å². The molecule has 0 bridgehead atoms. The Balaban J connectivity index is 2.40. The Morgan fingerprint density at radius 3 is 2.16 bits per heavy atom. The summed E-state index contributed by atoms with van der Waals surface area (Å²) < 4.78 is 0. The lowest BCUT2D eigenvalue weighted by Gasteiger charge is -2.18. The van der Waals surface area contributed by atoms with Gasteiger partial charge in [-0.25, -0.2) is 0 Å². The molecular formula is C16H7ClO2. The van der Waals surface area contributed by atoms with Crippen molar-refractivity contribution in [2.45, 2.75) is 0 Å². The van der Waals surface area contributed by atoms with Crippen LogP contribution >= 0.6 is 11.6 Å². The molecule has 2 nitrogen and oxygen atoms in total. The van der Waals surface area contributed by atoms with Gasteiger partial charge in [0.25, 0.3) is 0 Å². The highest BCUT2D eigenvalue weighted by Crippen LogP contribution is 2.32. The van der Waals surface area contributed by atoms with E-state index in [-0.39, 0.29) is 22.7 Å². The molecule has 0 fully saturated rings. The summed E-state index contributed by atoms with van der Waals surface area (Å²) in [7, 11) is 0. The zero-order valence-electron chi connectivity index (χ0n) is 9.74. The summed E-state index contributed by atoms with van der Waals surface area (Å²) in [5.41, 5.74) is 1.62. The smallest absolute Gasteiger partial charge is 0.195 e. The van der Waals surface area contributed by atoms with Gasteiger partial charge in [-0.15, -0.1) is 6.42 Å². The molecule has 2 aromatic rings. The molecule has 3 heteroatoms. The molecule has 0 saturated heterocycles. The third-order valence-corrected chi connectivity index (χ3v) is 3.50. The minimum atomic E-state index is -0.249. The molecule has 90 valence electrons. The van der Waals surface area contributed by atoms with Crippen LogP contribution in [0.2, 0.25) is 5.02 Å². The maximum Gasteiger partial charge on any atom is 0.195 e. The Labute approximate surface area is 115 Å². The first kappa shape index (κ1) is 11.7. The third-order valence-electron chi connectivity index (χ3n) is 3.19. The molecule has 0 amide bonds. The molecule has 0 aromatic heterocycles. The maximum absolute atomic E-state index is 12.5. The van der Waals surface area contributed by atoms with Gasteiger partial charge >= 0.3 is 0 Å². The van der Waals surface area contributed by atoms with E-state index in [0.717, 1.165) is 0 Å². The standard InChI is InChI=1S/C16H7ClO2/c1-2-9-13(17)8-7-12-14(9)16(19)11-6-4-3-5-10(11)15(12)18/h1,3-8H. The van der Waals surface area contributed by atoms with Crippen LogP contribution in [0, 0.1) is 12.3 Å². The second kappa shape index (κ2) is 4.08. The largest absolute Gasteiger partial charge is 0.289 e. The fourth-order valence-electron chi connectivity index (χ4n) is 2.30. The number of rotatable bonds is 0. The topological polar surface area (TPSA) is 34.1 Å². The number of terminal acetylenes is 1. The van der Waals surface area contributed by atoms with Crippen molar-refractivity contribution in [1.82, 2.24) is 0 Å². The average molecular weight is 267 g/mol. The van der Waals surface area contributed by atoms with Crippen molar-refractivity contribution in [3.63, 3.8) is 0 Å². The maximum atomic E-state index is 12.5. The van der Waals surface area contributed by atoms with Crippen molar-refractivity contribution in [2.24, 2.45) is 0 Å². The first-order valence-corrected chi connectivity index (χ1v) is 6.00. The summed E-state index contributed by atoms with van der Waals surface area (Å²) in [6.07, 6.45) is 5.40. The molecule has 0 radical (unpaired) electrons. The van der Waals surface area contributed by atoms with Gasteiger partial charge in [0.1, 0.15) is 0 Å². The highest BCUT2D eigenvalue weighted by molar-refractivity contribution is 6.35. The van der Waals surface area contributed by atoms with Crippen LogP contribution in [0.25, 0.3) is 0 Å². The van der Waals surface area contributed by atoms with Gasteiger partial charge in [-0.1, -0.05) is 41.8 Å². The fraction of sp³-hybridized carbons (Fsp3) is 0. The Morgan fingerprint density at radius 1 is 0.895 bits per heavy atom. The molecule has 0 aliphatic heterocycles. The van der Waals surface area contributed by atoms with Crippen molar-refractivity contribution in [3.8, 4) is 12.3 Å². The Morgan fingerprint density at radius 2 is 1.53 bits per heavy atom. The predicted molar refractivity (Wildman–Crippen MR) is 72.7 cm³/mol. The number of ketones is 2. The van der Waals surface area contributed by atoms with Gasteiger partial charge in [-0.05, 0) is 12.1 Å². The van der Waals surface area contributed by atoms with Crippen LogP contribution in [-0.4, -0.2) is 11.6 Å². The van der Waals surface area contributed by atoms with E-state index in [1.807, 2.05) is 0 Å². The summed E-state index contributed by atoms with van der Waals surface area (Å²) >= 11 is 6.00. The van der Waals surface area contributed by atoms with E-state index in [1.165, 1.54) is 0 Å². The van der Waals surface area contributed by atoms with Crippen molar-refractivity contribution in [2.75, 3.05) is 0 Å². The molecule has 1 aliphatic carbocycles. The van der Waals surface area contributed by atoms with Crippen LogP contribution in [0.4, 0.5) is 0 Å². The van der Waals surface area contributed by atoms with Crippen molar-refractivity contribution >= 4 is 23.2 Å². The van der Waals surface area contributed by atoms with Crippen LogP contribution in [0.15, 0.2) is 36.4 Å². The van der Waals surface area contributed by atoms with E-state index < -0.39 is 0 Å². The van der Waals surface area contributed by atoms with Crippen LogP contribution in [0.5, 0.6) is 0 Å². The van der Waals surface area contributed by atoms with Gasteiger partial charge in [-0.3, -0.25) is 9.59 Å². The summed E-state index contributed by atoms with van der Waals surface area (Å²) in [4.78, 5) is 24.8. The highest BCUT2D eigenvalue weighted by Gasteiger charge is 2.31. The molecule has 0 N–H and O–H groups in total. The summed E-state index contributed by atoms with van der Waals surface area (Å²) in [6, 6.07) is 9.81.